The van der Waals surface area contributed by atoms with Gasteiger partial charge in [-0.15, -0.1) is 0 Å². The number of ether oxygens (including phenoxy) is 1. The van der Waals surface area contributed by atoms with Crippen LogP contribution in [0, 0.1) is 0 Å². The first-order valence-electron chi connectivity index (χ1n) is 3.88. The summed E-state index contributed by atoms with van der Waals surface area (Å²) in [6.07, 6.45) is 2.51. The molecule has 1 aliphatic carbocycles. The van der Waals surface area contributed by atoms with Crippen LogP contribution >= 0.6 is 11.3 Å². The molecule has 0 N–H and O–H groups in total. The van der Waals surface area contributed by atoms with Crippen molar-refractivity contribution < 1.29 is 9.53 Å². The normalized spacial score (nSPS) is 15.9. The van der Waals surface area contributed by atoms with Crippen LogP contribution in [0.15, 0.2) is 0 Å². The van der Waals surface area contributed by atoms with Crippen molar-refractivity contribution in [3.8, 4) is 5.19 Å². The van der Waals surface area contributed by atoms with E-state index in [-0.39, 0.29) is 5.78 Å². The molecule has 12 heavy (non-hydrogen) atoms. The Labute approximate surface area is 74.4 Å². The third-order valence-corrected chi connectivity index (χ3v) is 3.02. The molecule has 0 saturated heterocycles. The van der Waals surface area contributed by atoms with Gasteiger partial charge in [0.15, 0.2) is 5.78 Å². The number of rotatable bonds is 1. The molecule has 0 aromatic carbocycles. The van der Waals surface area contributed by atoms with E-state index < -0.39 is 0 Å². The lowest BCUT2D eigenvalue weighted by atomic mass is 10.0. The zero-order valence-corrected chi connectivity index (χ0v) is 7.61. The molecule has 3 nitrogen and oxygen atoms in total. The first-order valence-corrected chi connectivity index (χ1v) is 4.70. The fourth-order valence-corrected chi connectivity index (χ4v) is 2.23. The summed E-state index contributed by atoms with van der Waals surface area (Å²) in [7, 11) is 1.58. The van der Waals surface area contributed by atoms with Crippen molar-refractivity contribution in [3.05, 3.63) is 10.6 Å². The van der Waals surface area contributed by atoms with Gasteiger partial charge < -0.3 is 4.74 Å². The number of aromatic nitrogens is 1. The Morgan fingerprint density at radius 1 is 1.50 bits per heavy atom. The summed E-state index contributed by atoms with van der Waals surface area (Å²) < 4.78 is 4.97. The number of methoxy groups -OCH3 is 1. The Bertz CT molecular complexity index is 319. The fraction of sp³-hybridized carbons (Fsp3) is 0.500. The van der Waals surface area contributed by atoms with Gasteiger partial charge in [-0.05, 0) is 12.8 Å². The molecule has 1 aliphatic rings. The highest BCUT2D eigenvalue weighted by Gasteiger charge is 2.22. The Morgan fingerprint density at radius 3 is 3.00 bits per heavy atom. The summed E-state index contributed by atoms with van der Waals surface area (Å²) in [5, 5.41) is 0.607. The Balaban J connectivity index is 2.43. The predicted octanol–water partition coefficient (Wildman–Crippen LogP) is 1.67. The molecule has 0 aliphatic heterocycles. The zero-order valence-electron chi connectivity index (χ0n) is 6.79. The number of thiazole rings is 1. The molecular weight excluding hydrogens is 174 g/mol. The number of Topliss-reactive ketones (excluding diaryl/α,β-unsaturated/α-hetero) is 1. The SMILES string of the molecule is COc1nc2c(s1)C(=O)CCC2. The van der Waals surface area contributed by atoms with Crippen LogP contribution in [0.1, 0.15) is 28.2 Å². The van der Waals surface area contributed by atoms with Crippen molar-refractivity contribution in [2.75, 3.05) is 7.11 Å². The van der Waals surface area contributed by atoms with Crippen molar-refractivity contribution in [3.63, 3.8) is 0 Å². The van der Waals surface area contributed by atoms with Gasteiger partial charge in [0.05, 0.1) is 17.7 Å². The third kappa shape index (κ3) is 1.12. The van der Waals surface area contributed by atoms with Crippen LogP contribution in [0.5, 0.6) is 5.19 Å². The van der Waals surface area contributed by atoms with Gasteiger partial charge in [0.25, 0.3) is 5.19 Å². The van der Waals surface area contributed by atoms with Crippen LogP contribution in [0.3, 0.4) is 0 Å². The highest BCUT2D eigenvalue weighted by molar-refractivity contribution is 7.15. The topological polar surface area (TPSA) is 39.2 Å². The standard InChI is InChI=1S/C8H9NO2S/c1-11-8-9-5-3-2-4-6(10)7(5)12-8/h2-4H2,1H3. The monoisotopic (exact) mass is 183 g/mol. The number of hydrogen-bond donors (Lipinski definition) is 0. The van der Waals surface area contributed by atoms with Gasteiger partial charge in [-0.25, -0.2) is 4.98 Å². The Kier molecular flexibility index (Phi) is 1.84. The molecule has 0 saturated carbocycles. The first-order chi connectivity index (χ1) is 5.81. The smallest absolute Gasteiger partial charge is 0.273 e. The van der Waals surface area contributed by atoms with Gasteiger partial charge in [0, 0.05) is 6.42 Å². The molecule has 2 rings (SSSR count). The number of nitrogens with zero attached hydrogens (tertiary/aromatic N) is 1. The van der Waals surface area contributed by atoms with Crippen LogP contribution in [-0.4, -0.2) is 17.9 Å². The Hall–Kier alpha value is -0.900. The largest absolute Gasteiger partial charge is 0.473 e. The maximum atomic E-state index is 11.3. The number of ketones is 1. The highest BCUT2D eigenvalue weighted by Crippen LogP contribution is 2.30. The minimum absolute atomic E-state index is 0.219. The molecule has 0 amide bonds. The summed E-state index contributed by atoms with van der Waals surface area (Å²) in [6, 6.07) is 0. The summed E-state index contributed by atoms with van der Waals surface area (Å²) in [4.78, 5) is 16.3. The second-order valence-corrected chi connectivity index (χ2v) is 3.70. The van der Waals surface area contributed by atoms with Crippen LogP contribution in [0.25, 0.3) is 0 Å². The van der Waals surface area contributed by atoms with Gasteiger partial charge in [0.2, 0.25) is 0 Å². The summed E-state index contributed by atoms with van der Waals surface area (Å²) in [5.74, 6) is 0.219. The molecule has 0 radical (unpaired) electrons. The molecule has 4 heteroatoms. The molecule has 1 aromatic rings. The first kappa shape index (κ1) is 7.73. The fourth-order valence-electron chi connectivity index (χ4n) is 1.33. The third-order valence-electron chi connectivity index (χ3n) is 1.92. The van der Waals surface area contributed by atoms with Crippen molar-refractivity contribution in [1.82, 2.24) is 4.98 Å². The van der Waals surface area contributed by atoms with E-state index in [2.05, 4.69) is 4.98 Å². The van der Waals surface area contributed by atoms with Gasteiger partial charge in [-0.1, -0.05) is 11.3 Å². The average Bonchev–Trinajstić information content (AvgIpc) is 2.49. The predicted molar refractivity (Wildman–Crippen MR) is 45.9 cm³/mol. The highest BCUT2D eigenvalue weighted by atomic mass is 32.1. The van der Waals surface area contributed by atoms with E-state index in [0.717, 1.165) is 23.4 Å². The zero-order chi connectivity index (χ0) is 8.55. The minimum atomic E-state index is 0.219. The second kappa shape index (κ2) is 2.86. The number of aryl methyl sites for hydroxylation is 1. The maximum absolute atomic E-state index is 11.3. The van der Waals surface area contributed by atoms with Gasteiger partial charge >= 0.3 is 0 Å². The Morgan fingerprint density at radius 2 is 2.33 bits per heavy atom. The molecule has 0 atom stereocenters. The maximum Gasteiger partial charge on any atom is 0.273 e. The van der Waals surface area contributed by atoms with Crippen molar-refractivity contribution in [1.29, 1.82) is 0 Å². The molecule has 64 valence electrons. The van der Waals surface area contributed by atoms with Gasteiger partial charge in [-0.3, -0.25) is 4.79 Å². The number of carbonyl (C=O) groups is 1. The van der Waals surface area contributed by atoms with E-state index in [1.165, 1.54) is 11.3 Å². The molecule has 0 spiro atoms. The summed E-state index contributed by atoms with van der Waals surface area (Å²) in [5.41, 5.74) is 0.924. The summed E-state index contributed by atoms with van der Waals surface area (Å²) in [6.45, 7) is 0. The van der Waals surface area contributed by atoms with E-state index in [4.69, 9.17) is 4.74 Å². The van der Waals surface area contributed by atoms with E-state index in [1.54, 1.807) is 7.11 Å². The lowest BCUT2D eigenvalue weighted by Crippen LogP contribution is -2.07. The quantitative estimate of drug-likeness (QED) is 0.664. The van der Waals surface area contributed by atoms with Crippen molar-refractivity contribution >= 4 is 17.1 Å². The number of carbonyl (C=O) groups excluding carboxylic acids is 1. The van der Waals surface area contributed by atoms with E-state index in [1.807, 2.05) is 0 Å². The van der Waals surface area contributed by atoms with Crippen LogP contribution in [-0.2, 0) is 6.42 Å². The van der Waals surface area contributed by atoms with Gasteiger partial charge in [0.1, 0.15) is 0 Å². The summed E-state index contributed by atoms with van der Waals surface area (Å²) >= 11 is 1.36. The van der Waals surface area contributed by atoms with E-state index in [9.17, 15) is 4.79 Å². The minimum Gasteiger partial charge on any atom is -0.473 e. The number of fused-ring (bicyclic) bond motifs is 1. The number of hydrogen-bond acceptors (Lipinski definition) is 4. The molecule has 0 bridgehead atoms. The van der Waals surface area contributed by atoms with E-state index in [0.29, 0.717) is 11.6 Å². The lowest BCUT2D eigenvalue weighted by Gasteiger charge is -2.05. The van der Waals surface area contributed by atoms with Crippen molar-refractivity contribution in [2.24, 2.45) is 0 Å². The molecule has 1 heterocycles. The second-order valence-electron chi connectivity index (χ2n) is 2.74. The molecular formula is C8H9NO2S. The molecule has 0 fully saturated rings. The van der Waals surface area contributed by atoms with E-state index >= 15 is 0 Å². The molecule has 0 unspecified atom stereocenters. The van der Waals surface area contributed by atoms with Crippen molar-refractivity contribution in [2.45, 2.75) is 19.3 Å². The van der Waals surface area contributed by atoms with Crippen LogP contribution in [0.2, 0.25) is 0 Å². The average molecular weight is 183 g/mol. The lowest BCUT2D eigenvalue weighted by molar-refractivity contribution is 0.0976. The van der Waals surface area contributed by atoms with Crippen LogP contribution in [0.4, 0.5) is 0 Å². The van der Waals surface area contributed by atoms with Gasteiger partial charge in [-0.2, -0.15) is 0 Å². The van der Waals surface area contributed by atoms with Crippen LogP contribution < -0.4 is 4.74 Å². The molecule has 1 aromatic heterocycles.